The largest absolute Gasteiger partial charge is 0.542 e. The van der Waals surface area contributed by atoms with Crippen molar-refractivity contribution in [2.75, 3.05) is 0 Å². The summed E-state index contributed by atoms with van der Waals surface area (Å²) in [5, 5.41) is 13.8. The predicted molar refractivity (Wildman–Crippen MR) is 146 cm³/mol. The Morgan fingerprint density at radius 3 is 1.94 bits per heavy atom. The van der Waals surface area contributed by atoms with Gasteiger partial charge >= 0.3 is 0 Å². The van der Waals surface area contributed by atoms with Crippen molar-refractivity contribution in [1.82, 2.24) is 0 Å². The molecular weight excluding hydrogens is 420 g/mol. The summed E-state index contributed by atoms with van der Waals surface area (Å²) in [5.74, 6) is 1.26. The molecule has 0 spiro atoms. The monoisotopic (exact) mass is 462 g/mol. The molecule has 2 nitrogen and oxygen atoms in total. The summed E-state index contributed by atoms with van der Waals surface area (Å²) in [6, 6.07) is 16.9. The van der Waals surface area contributed by atoms with E-state index in [9.17, 15) is 5.11 Å². The Kier molecular flexibility index (Phi) is 7.05. The maximum absolute atomic E-state index is 11.6. The van der Waals surface area contributed by atoms with Crippen molar-refractivity contribution in [3.05, 3.63) is 59.7 Å². The van der Waals surface area contributed by atoms with Crippen molar-refractivity contribution < 1.29 is 9.53 Å². The van der Waals surface area contributed by atoms with Crippen LogP contribution in [-0.2, 0) is 5.41 Å². The van der Waals surface area contributed by atoms with Crippen LogP contribution in [0.2, 0.25) is 16.6 Å². The van der Waals surface area contributed by atoms with E-state index in [1.165, 1.54) is 0 Å². The molecule has 3 aromatic rings. The van der Waals surface area contributed by atoms with Crippen LogP contribution in [0.25, 0.3) is 21.9 Å². The van der Waals surface area contributed by atoms with Crippen molar-refractivity contribution in [2.24, 2.45) is 0 Å². The summed E-state index contributed by atoms with van der Waals surface area (Å²) in [4.78, 5) is 0. The molecule has 0 fully saturated rings. The Morgan fingerprint density at radius 1 is 0.818 bits per heavy atom. The second-order valence-corrected chi connectivity index (χ2v) is 16.9. The highest BCUT2D eigenvalue weighted by Gasteiger charge is 2.47. The molecule has 3 rings (SSSR count). The maximum Gasteiger partial charge on any atom is 0.258 e. The highest BCUT2D eigenvalue weighted by atomic mass is 28.4. The highest BCUT2D eigenvalue weighted by Crippen LogP contribution is 2.49. The van der Waals surface area contributed by atoms with Crippen LogP contribution < -0.4 is 4.43 Å². The van der Waals surface area contributed by atoms with Gasteiger partial charge in [0.2, 0.25) is 0 Å². The molecule has 1 N–H and O–H groups in total. The Bertz CT molecular complexity index is 1110. The first-order chi connectivity index (χ1) is 15.3. The summed E-state index contributed by atoms with van der Waals surface area (Å²) < 4.78 is 7.23. The van der Waals surface area contributed by atoms with E-state index < -0.39 is 8.32 Å². The van der Waals surface area contributed by atoms with Gasteiger partial charge in [-0.25, -0.2) is 0 Å². The molecule has 0 aliphatic heterocycles. The molecule has 0 bridgehead atoms. The third-order valence-electron chi connectivity index (χ3n) is 7.22. The van der Waals surface area contributed by atoms with E-state index in [0.717, 1.165) is 38.8 Å². The molecule has 0 saturated carbocycles. The minimum atomic E-state index is -2.18. The van der Waals surface area contributed by atoms with Gasteiger partial charge in [-0.3, -0.25) is 0 Å². The molecule has 0 unspecified atom stereocenters. The minimum Gasteiger partial charge on any atom is -0.542 e. The fraction of sp³-hybridized carbons (Fsp3) is 0.467. The van der Waals surface area contributed by atoms with Gasteiger partial charge in [0.25, 0.3) is 8.32 Å². The van der Waals surface area contributed by atoms with Crippen LogP contribution >= 0.6 is 0 Å². The van der Waals surface area contributed by atoms with Gasteiger partial charge in [-0.15, -0.1) is 0 Å². The lowest BCUT2D eigenvalue weighted by molar-refractivity contribution is 0.447. The third-order valence-corrected chi connectivity index (χ3v) is 13.2. The van der Waals surface area contributed by atoms with Gasteiger partial charge < -0.3 is 9.53 Å². The number of aromatic hydroxyl groups is 1. The van der Waals surface area contributed by atoms with Crippen molar-refractivity contribution in [3.63, 3.8) is 0 Å². The van der Waals surface area contributed by atoms with Crippen LogP contribution in [0.3, 0.4) is 0 Å². The number of aryl methyl sites for hydroxylation is 1. The van der Waals surface area contributed by atoms with E-state index in [4.69, 9.17) is 4.43 Å². The molecule has 178 valence electrons. The normalized spacial score (nSPS) is 12.9. The first kappa shape index (κ1) is 25.4. The topological polar surface area (TPSA) is 29.5 Å². The van der Waals surface area contributed by atoms with Gasteiger partial charge in [0.15, 0.2) is 0 Å². The predicted octanol–water partition coefficient (Wildman–Crippen LogP) is 9.37. The molecule has 0 amide bonds. The SMILES string of the molecule is Cc1cc(-c2c(O[Si](C(C)C)(C(C)C)C(C)C)ccc3ccccc23)c(O)c(C(C)(C)C)c1. The number of phenolic OH excluding ortho intramolecular Hbond substituents is 1. The molecular formula is C30H42O2Si. The van der Waals surface area contributed by atoms with Crippen molar-refractivity contribution in [3.8, 4) is 22.6 Å². The van der Waals surface area contributed by atoms with E-state index in [1.807, 2.05) is 0 Å². The lowest BCUT2D eigenvalue weighted by atomic mass is 9.82. The molecule has 0 heterocycles. The second kappa shape index (κ2) is 9.17. The van der Waals surface area contributed by atoms with E-state index in [1.54, 1.807) is 0 Å². The quantitative estimate of drug-likeness (QED) is 0.370. The molecule has 3 heteroatoms. The standard InChI is InChI=1S/C30H42O2Si/c1-19(2)33(20(3)4,21(5)6)32-27-16-15-23-13-11-12-14-24(23)28(27)25-17-22(7)18-26(29(25)31)30(8,9)10/h11-21,31H,1-10H3. The average Bonchev–Trinajstić information content (AvgIpc) is 2.71. The number of benzene rings is 3. The van der Waals surface area contributed by atoms with E-state index >= 15 is 0 Å². The number of rotatable bonds is 6. The molecule has 0 saturated heterocycles. The van der Waals surface area contributed by atoms with Crippen LogP contribution in [0.15, 0.2) is 48.5 Å². The molecule has 0 aliphatic carbocycles. The van der Waals surface area contributed by atoms with Crippen LogP contribution in [0.1, 0.15) is 73.4 Å². The number of hydrogen-bond donors (Lipinski definition) is 1. The summed E-state index contributed by atoms with van der Waals surface area (Å²) in [6.45, 7) is 22.5. The number of hydrogen-bond acceptors (Lipinski definition) is 2. The van der Waals surface area contributed by atoms with Gasteiger partial charge in [-0.2, -0.15) is 0 Å². The first-order valence-electron chi connectivity index (χ1n) is 12.4. The Hall–Kier alpha value is -2.26. The zero-order chi connectivity index (χ0) is 24.7. The van der Waals surface area contributed by atoms with E-state index in [0.29, 0.717) is 22.4 Å². The van der Waals surface area contributed by atoms with Gasteiger partial charge in [-0.05, 0) is 57.4 Å². The fourth-order valence-corrected chi connectivity index (χ4v) is 11.0. The zero-order valence-corrected chi connectivity index (χ0v) is 23.2. The van der Waals surface area contributed by atoms with Crippen LogP contribution in [0.5, 0.6) is 11.5 Å². The number of phenols is 1. The lowest BCUT2D eigenvalue weighted by Gasteiger charge is -2.42. The van der Waals surface area contributed by atoms with E-state index in [2.05, 4.69) is 118 Å². The number of fused-ring (bicyclic) bond motifs is 1. The fourth-order valence-electron chi connectivity index (χ4n) is 5.70. The molecule has 0 radical (unpaired) electrons. The Labute approximate surface area is 202 Å². The first-order valence-corrected chi connectivity index (χ1v) is 14.5. The smallest absolute Gasteiger partial charge is 0.258 e. The Morgan fingerprint density at radius 2 is 1.39 bits per heavy atom. The molecule has 3 aromatic carbocycles. The van der Waals surface area contributed by atoms with E-state index in [-0.39, 0.29) is 5.41 Å². The van der Waals surface area contributed by atoms with Crippen molar-refractivity contribution >= 4 is 19.1 Å². The summed E-state index contributed by atoms with van der Waals surface area (Å²) in [6.07, 6.45) is 0. The van der Waals surface area contributed by atoms with Gasteiger partial charge in [-0.1, -0.05) is 98.7 Å². The van der Waals surface area contributed by atoms with Crippen LogP contribution in [0, 0.1) is 6.92 Å². The molecule has 0 atom stereocenters. The van der Waals surface area contributed by atoms with Crippen molar-refractivity contribution in [1.29, 1.82) is 0 Å². The molecule has 33 heavy (non-hydrogen) atoms. The van der Waals surface area contributed by atoms with Crippen LogP contribution in [0.4, 0.5) is 0 Å². The zero-order valence-electron chi connectivity index (χ0n) is 22.2. The minimum absolute atomic E-state index is 0.164. The highest BCUT2D eigenvalue weighted by molar-refractivity contribution is 6.78. The third kappa shape index (κ3) is 4.57. The summed E-state index contributed by atoms with van der Waals surface area (Å²) >= 11 is 0. The second-order valence-electron chi connectivity index (χ2n) is 11.5. The summed E-state index contributed by atoms with van der Waals surface area (Å²) in [7, 11) is -2.18. The maximum atomic E-state index is 11.6. The Balaban J connectivity index is 2.40. The molecule has 0 aliphatic rings. The van der Waals surface area contributed by atoms with Crippen LogP contribution in [-0.4, -0.2) is 13.4 Å². The van der Waals surface area contributed by atoms with Gasteiger partial charge in [0, 0.05) is 16.7 Å². The van der Waals surface area contributed by atoms with Gasteiger partial charge in [0.05, 0.1) is 0 Å². The van der Waals surface area contributed by atoms with Gasteiger partial charge in [0.1, 0.15) is 11.5 Å². The lowest BCUT2D eigenvalue weighted by Crippen LogP contribution is -2.50. The average molecular weight is 463 g/mol. The van der Waals surface area contributed by atoms with Crippen molar-refractivity contribution in [2.45, 2.75) is 91.3 Å². The molecule has 0 aromatic heterocycles. The summed E-state index contributed by atoms with van der Waals surface area (Å²) in [5.41, 5.74) is 5.23.